The van der Waals surface area contributed by atoms with E-state index in [1.54, 1.807) is 30.3 Å². The Hall–Kier alpha value is -1.66. The topological polar surface area (TPSA) is 86.5 Å². The fourth-order valence-corrected chi connectivity index (χ4v) is 1.69. The van der Waals surface area contributed by atoms with Gasteiger partial charge in [-0.3, -0.25) is 0 Å². The van der Waals surface area contributed by atoms with Gasteiger partial charge in [-0.2, -0.15) is 0 Å². The highest BCUT2D eigenvalue weighted by molar-refractivity contribution is 7.92. The number of hydrogen-bond acceptors (Lipinski definition) is 4. The summed E-state index contributed by atoms with van der Waals surface area (Å²) in [7, 11) is -2.72. The zero-order valence-electron chi connectivity index (χ0n) is 8.58. The van der Waals surface area contributed by atoms with Crippen molar-refractivity contribution in [3.8, 4) is 0 Å². The van der Waals surface area contributed by atoms with E-state index in [0.29, 0.717) is 11.0 Å². The summed E-state index contributed by atoms with van der Waals surface area (Å²) >= 11 is 0. The molecule has 0 amide bonds. The normalized spacial score (nSPS) is 12.2. The molecule has 2 N–H and O–H groups in total. The molecule has 86 valence electrons. The third-order valence-electron chi connectivity index (χ3n) is 1.77. The zero-order valence-corrected chi connectivity index (χ0v) is 9.40. The van der Waals surface area contributed by atoms with Crippen LogP contribution in [0.1, 0.15) is 5.56 Å². The van der Waals surface area contributed by atoms with Gasteiger partial charge in [0.05, 0.1) is 18.1 Å². The largest absolute Gasteiger partial charge is 0.465 e. The van der Waals surface area contributed by atoms with Gasteiger partial charge in [-0.1, -0.05) is 30.3 Å². The molecular formula is C10H11NO4S. The second-order valence-electron chi connectivity index (χ2n) is 2.98. The van der Waals surface area contributed by atoms with E-state index in [1.165, 1.54) is 7.11 Å². The number of carbonyl (C=O) groups excluding carboxylic acids is 1. The van der Waals surface area contributed by atoms with Crippen molar-refractivity contribution in [2.24, 2.45) is 5.14 Å². The number of benzene rings is 1. The van der Waals surface area contributed by atoms with E-state index in [-0.39, 0.29) is 5.57 Å². The van der Waals surface area contributed by atoms with Crippen LogP contribution in [0.15, 0.2) is 35.7 Å². The highest BCUT2D eigenvalue weighted by atomic mass is 32.2. The van der Waals surface area contributed by atoms with Gasteiger partial charge in [0.25, 0.3) is 0 Å². The summed E-state index contributed by atoms with van der Waals surface area (Å²) in [5.74, 6) is -0.750. The molecule has 0 heterocycles. The fourth-order valence-electron chi connectivity index (χ4n) is 1.13. The first-order valence-electron chi connectivity index (χ1n) is 4.32. The molecule has 1 aromatic rings. The highest BCUT2D eigenvalue weighted by Crippen LogP contribution is 2.16. The Morgan fingerprint density at radius 1 is 1.31 bits per heavy atom. The molecule has 5 nitrogen and oxygen atoms in total. The fraction of sp³-hybridized carbons (Fsp3) is 0.100. The molecule has 0 fully saturated rings. The molecule has 1 rings (SSSR count). The molecular weight excluding hydrogens is 230 g/mol. The lowest BCUT2D eigenvalue weighted by atomic mass is 10.1. The van der Waals surface area contributed by atoms with Crippen molar-refractivity contribution < 1.29 is 17.9 Å². The number of carbonyl (C=O) groups is 1. The Kier molecular flexibility index (Phi) is 3.81. The molecule has 0 spiro atoms. The van der Waals surface area contributed by atoms with Crippen LogP contribution in [0.5, 0.6) is 0 Å². The number of sulfonamides is 1. The van der Waals surface area contributed by atoms with Crippen LogP contribution in [0, 0.1) is 0 Å². The smallest absolute Gasteiger partial charge is 0.339 e. The predicted octanol–water partition coefficient (Wildman–Crippen LogP) is 0.489. The second-order valence-corrected chi connectivity index (χ2v) is 4.39. The van der Waals surface area contributed by atoms with Crippen molar-refractivity contribution in [3.05, 3.63) is 41.3 Å². The van der Waals surface area contributed by atoms with Crippen LogP contribution < -0.4 is 5.14 Å². The number of rotatable bonds is 3. The number of nitrogens with two attached hydrogens (primary N) is 1. The first-order chi connectivity index (χ1) is 7.44. The van der Waals surface area contributed by atoms with Gasteiger partial charge < -0.3 is 4.74 Å². The molecule has 0 aromatic heterocycles. The van der Waals surface area contributed by atoms with Crippen LogP contribution in [0.4, 0.5) is 0 Å². The average Bonchev–Trinajstić information content (AvgIpc) is 2.25. The Bertz CT molecular complexity index is 505. The molecule has 0 aliphatic carbocycles. The summed E-state index contributed by atoms with van der Waals surface area (Å²) in [4.78, 5) is 11.4. The quantitative estimate of drug-likeness (QED) is 0.616. The van der Waals surface area contributed by atoms with Crippen molar-refractivity contribution in [1.82, 2.24) is 0 Å². The van der Waals surface area contributed by atoms with Crippen LogP contribution in [0.3, 0.4) is 0 Å². The van der Waals surface area contributed by atoms with E-state index in [9.17, 15) is 13.2 Å². The molecule has 0 atom stereocenters. The summed E-state index contributed by atoms with van der Waals surface area (Å²) in [6.07, 6.45) is 0. The van der Waals surface area contributed by atoms with Gasteiger partial charge in [-0.15, -0.1) is 0 Å². The highest BCUT2D eigenvalue weighted by Gasteiger charge is 2.14. The van der Waals surface area contributed by atoms with Gasteiger partial charge in [0.2, 0.25) is 10.0 Å². The van der Waals surface area contributed by atoms with E-state index in [1.807, 2.05) is 0 Å². The minimum atomic E-state index is -3.89. The molecule has 6 heteroatoms. The van der Waals surface area contributed by atoms with E-state index in [4.69, 9.17) is 5.14 Å². The van der Waals surface area contributed by atoms with Gasteiger partial charge in [0.1, 0.15) is 0 Å². The molecule has 0 unspecified atom stereocenters. The van der Waals surface area contributed by atoms with Crippen molar-refractivity contribution >= 4 is 21.6 Å². The molecule has 0 radical (unpaired) electrons. The number of methoxy groups -OCH3 is 1. The van der Waals surface area contributed by atoms with Gasteiger partial charge in [-0.25, -0.2) is 18.4 Å². The van der Waals surface area contributed by atoms with Gasteiger partial charge >= 0.3 is 5.97 Å². The Balaban J connectivity index is 3.28. The van der Waals surface area contributed by atoms with Crippen LogP contribution in [0.2, 0.25) is 0 Å². The van der Waals surface area contributed by atoms with Crippen LogP contribution in [-0.4, -0.2) is 21.5 Å². The lowest BCUT2D eigenvalue weighted by molar-refractivity contribution is -0.133. The molecule has 0 saturated heterocycles. The van der Waals surface area contributed by atoms with Crippen LogP contribution in [0.25, 0.3) is 5.57 Å². The maximum atomic E-state index is 11.4. The van der Waals surface area contributed by atoms with Crippen molar-refractivity contribution in [2.45, 2.75) is 0 Å². The van der Waals surface area contributed by atoms with Gasteiger partial charge in [0.15, 0.2) is 0 Å². The number of ether oxygens (including phenoxy) is 1. The summed E-state index contributed by atoms with van der Waals surface area (Å²) in [6, 6.07) is 8.28. The van der Waals surface area contributed by atoms with E-state index >= 15 is 0 Å². The van der Waals surface area contributed by atoms with Crippen molar-refractivity contribution in [1.29, 1.82) is 0 Å². The molecule has 1 aromatic carbocycles. The molecule has 16 heavy (non-hydrogen) atoms. The predicted molar refractivity (Wildman–Crippen MR) is 59.5 cm³/mol. The van der Waals surface area contributed by atoms with E-state index in [0.717, 1.165) is 0 Å². The Morgan fingerprint density at radius 2 is 1.88 bits per heavy atom. The summed E-state index contributed by atoms with van der Waals surface area (Å²) in [5, 5.41) is 5.54. The molecule has 0 bridgehead atoms. The van der Waals surface area contributed by atoms with Gasteiger partial charge in [-0.05, 0) is 5.56 Å². The van der Waals surface area contributed by atoms with E-state index in [2.05, 4.69) is 4.74 Å². The van der Waals surface area contributed by atoms with Crippen LogP contribution in [-0.2, 0) is 19.6 Å². The van der Waals surface area contributed by atoms with Crippen molar-refractivity contribution in [3.63, 3.8) is 0 Å². The second kappa shape index (κ2) is 4.91. The minimum absolute atomic E-state index is 0.0920. The molecule has 0 aliphatic heterocycles. The lowest BCUT2D eigenvalue weighted by Crippen LogP contribution is -2.12. The SMILES string of the molecule is COC(=O)C(=CS(N)(=O)=O)c1ccccc1. The molecule has 0 aliphatic rings. The summed E-state index contributed by atoms with van der Waals surface area (Å²) in [5.41, 5.74) is 0.342. The number of primary sulfonamides is 1. The maximum Gasteiger partial charge on any atom is 0.339 e. The third-order valence-corrected chi connectivity index (χ3v) is 2.34. The van der Waals surface area contributed by atoms with Gasteiger partial charge in [0, 0.05) is 0 Å². The standard InChI is InChI=1S/C10H11NO4S/c1-15-10(12)9(7-16(11,13)14)8-5-3-2-4-6-8/h2-7H,1H3,(H2,11,13,14). The maximum absolute atomic E-state index is 11.4. The lowest BCUT2D eigenvalue weighted by Gasteiger charge is -2.04. The van der Waals surface area contributed by atoms with Crippen LogP contribution >= 0.6 is 0 Å². The van der Waals surface area contributed by atoms with Crippen molar-refractivity contribution in [2.75, 3.05) is 7.11 Å². The third kappa shape index (κ3) is 3.48. The van der Waals surface area contributed by atoms with E-state index < -0.39 is 16.0 Å². The summed E-state index contributed by atoms with van der Waals surface area (Å²) in [6.45, 7) is 0. The Morgan fingerprint density at radius 3 is 2.31 bits per heavy atom. The molecule has 0 saturated carbocycles. The summed E-state index contributed by atoms with van der Waals surface area (Å²) < 4.78 is 26.3. The average molecular weight is 241 g/mol. The number of hydrogen-bond donors (Lipinski definition) is 1. The first kappa shape index (κ1) is 12.4. The number of esters is 1. The minimum Gasteiger partial charge on any atom is -0.465 e. The zero-order chi connectivity index (χ0) is 12.2. The monoisotopic (exact) mass is 241 g/mol. The Labute approximate surface area is 93.6 Å². The first-order valence-corrected chi connectivity index (χ1v) is 5.93.